The molecule has 2 N–H and O–H groups in total. The Balaban J connectivity index is 1.69. The Kier molecular flexibility index (Phi) is 5.51. The first-order chi connectivity index (χ1) is 10.1. The van der Waals surface area contributed by atoms with Crippen LogP contribution in [0.3, 0.4) is 0 Å². The van der Waals surface area contributed by atoms with Crippen molar-refractivity contribution in [3.05, 3.63) is 57.8 Å². The average molecular weight is 302 g/mol. The molecule has 0 aliphatic rings. The normalized spacial score (nSPS) is 10.1. The van der Waals surface area contributed by atoms with Gasteiger partial charge in [0.15, 0.2) is 0 Å². The van der Waals surface area contributed by atoms with Crippen molar-refractivity contribution in [2.45, 2.75) is 19.9 Å². The van der Waals surface area contributed by atoms with Gasteiger partial charge < -0.3 is 10.6 Å². The van der Waals surface area contributed by atoms with Crippen LogP contribution in [0.15, 0.2) is 41.8 Å². The molecule has 2 rings (SSSR count). The molecule has 0 aliphatic heterocycles. The summed E-state index contributed by atoms with van der Waals surface area (Å²) in [7, 11) is 0. The number of amides is 2. The monoisotopic (exact) mass is 302 g/mol. The second-order valence-electron chi connectivity index (χ2n) is 4.74. The van der Waals surface area contributed by atoms with Crippen molar-refractivity contribution < 1.29 is 9.59 Å². The molecule has 1 heterocycles. The molecule has 2 aromatic rings. The van der Waals surface area contributed by atoms with Gasteiger partial charge in [0.05, 0.1) is 19.5 Å². The number of thiophene rings is 1. The lowest BCUT2D eigenvalue weighted by molar-refractivity contribution is -0.125. The largest absolute Gasteiger partial charge is 0.350 e. The van der Waals surface area contributed by atoms with E-state index in [1.165, 1.54) is 5.56 Å². The lowest BCUT2D eigenvalue weighted by Gasteiger charge is -2.07. The number of aryl methyl sites for hydroxylation is 1. The summed E-state index contributed by atoms with van der Waals surface area (Å²) in [6.45, 7) is 2.53. The summed E-state index contributed by atoms with van der Waals surface area (Å²) < 4.78 is 0. The number of carbonyl (C=O) groups is 2. The molecule has 0 aliphatic carbocycles. The Morgan fingerprint density at radius 3 is 2.48 bits per heavy atom. The summed E-state index contributed by atoms with van der Waals surface area (Å²) in [6, 6.07) is 11.5. The van der Waals surface area contributed by atoms with Gasteiger partial charge in [0.25, 0.3) is 0 Å². The van der Waals surface area contributed by atoms with Gasteiger partial charge in [0.1, 0.15) is 0 Å². The quantitative estimate of drug-likeness (QED) is 0.858. The maximum Gasteiger partial charge on any atom is 0.239 e. The highest BCUT2D eigenvalue weighted by Gasteiger charge is 2.07. The van der Waals surface area contributed by atoms with E-state index < -0.39 is 0 Å². The van der Waals surface area contributed by atoms with E-state index in [0.717, 1.165) is 10.4 Å². The maximum atomic E-state index is 11.7. The summed E-state index contributed by atoms with van der Waals surface area (Å²) in [5.41, 5.74) is 2.11. The Labute approximate surface area is 128 Å². The van der Waals surface area contributed by atoms with Crippen LogP contribution in [0.4, 0.5) is 0 Å². The number of carbonyl (C=O) groups excluding carboxylic acids is 2. The van der Waals surface area contributed by atoms with Gasteiger partial charge in [-0.3, -0.25) is 9.59 Å². The first kappa shape index (κ1) is 15.3. The van der Waals surface area contributed by atoms with Gasteiger partial charge in [-0.1, -0.05) is 30.3 Å². The minimum atomic E-state index is -0.177. The highest BCUT2D eigenvalue weighted by Crippen LogP contribution is 2.14. The van der Waals surface area contributed by atoms with E-state index in [9.17, 15) is 9.59 Å². The molecular weight excluding hydrogens is 284 g/mol. The van der Waals surface area contributed by atoms with Crippen molar-refractivity contribution >= 4 is 23.2 Å². The number of hydrogen-bond acceptors (Lipinski definition) is 3. The first-order valence-corrected chi connectivity index (χ1v) is 7.63. The van der Waals surface area contributed by atoms with E-state index in [4.69, 9.17) is 0 Å². The zero-order valence-electron chi connectivity index (χ0n) is 11.9. The molecule has 1 aromatic carbocycles. The predicted molar refractivity (Wildman–Crippen MR) is 84.1 cm³/mol. The molecule has 0 unspecified atom stereocenters. The Morgan fingerprint density at radius 1 is 1.05 bits per heavy atom. The van der Waals surface area contributed by atoms with Crippen molar-refractivity contribution in [3.63, 3.8) is 0 Å². The maximum absolute atomic E-state index is 11.7. The molecule has 0 radical (unpaired) electrons. The van der Waals surface area contributed by atoms with Crippen LogP contribution in [0.5, 0.6) is 0 Å². The summed E-state index contributed by atoms with van der Waals surface area (Å²) in [5.74, 6) is -0.326. The summed E-state index contributed by atoms with van der Waals surface area (Å²) in [5, 5.41) is 7.43. The highest BCUT2D eigenvalue weighted by molar-refractivity contribution is 7.10. The van der Waals surface area contributed by atoms with Crippen LogP contribution in [0, 0.1) is 6.92 Å². The van der Waals surface area contributed by atoms with Crippen LogP contribution in [0.1, 0.15) is 16.0 Å². The van der Waals surface area contributed by atoms with Gasteiger partial charge in [-0.15, -0.1) is 11.3 Å². The fraction of sp³-hybridized carbons (Fsp3) is 0.250. The molecule has 5 heteroatoms. The molecule has 0 atom stereocenters. The molecule has 21 heavy (non-hydrogen) atoms. The number of benzene rings is 1. The van der Waals surface area contributed by atoms with Crippen LogP contribution >= 0.6 is 11.3 Å². The topological polar surface area (TPSA) is 58.2 Å². The van der Waals surface area contributed by atoms with E-state index in [-0.39, 0.29) is 24.8 Å². The van der Waals surface area contributed by atoms with Crippen LogP contribution in [-0.2, 0) is 22.6 Å². The first-order valence-electron chi connectivity index (χ1n) is 6.75. The highest BCUT2D eigenvalue weighted by atomic mass is 32.1. The molecule has 0 fully saturated rings. The molecule has 110 valence electrons. The standard InChI is InChI=1S/C16H18N2O2S/c1-12-7-8-21-14(12)10-17-16(20)11-18-15(19)9-13-5-3-2-4-6-13/h2-8H,9-11H2,1H3,(H,17,20)(H,18,19). The molecular formula is C16H18N2O2S. The third-order valence-corrected chi connectivity index (χ3v) is 4.09. The van der Waals surface area contributed by atoms with Crippen LogP contribution in [-0.4, -0.2) is 18.4 Å². The van der Waals surface area contributed by atoms with Crippen LogP contribution in [0.25, 0.3) is 0 Å². The van der Waals surface area contributed by atoms with Crippen LogP contribution < -0.4 is 10.6 Å². The fourth-order valence-electron chi connectivity index (χ4n) is 1.85. The van der Waals surface area contributed by atoms with Crippen LogP contribution in [0.2, 0.25) is 0 Å². The Bertz CT molecular complexity index is 608. The summed E-state index contributed by atoms with van der Waals surface area (Å²) in [4.78, 5) is 24.5. The SMILES string of the molecule is Cc1ccsc1CNC(=O)CNC(=O)Cc1ccccc1. The van der Waals surface area contributed by atoms with E-state index in [0.29, 0.717) is 6.54 Å². The minimum absolute atomic E-state index is 0.0100. The molecule has 0 spiro atoms. The molecule has 4 nitrogen and oxygen atoms in total. The number of hydrogen-bond donors (Lipinski definition) is 2. The third kappa shape index (κ3) is 5.04. The third-order valence-electron chi connectivity index (χ3n) is 3.07. The number of nitrogens with one attached hydrogen (secondary N) is 2. The van der Waals surface area contributed by atoms with Gasteiger partial charge in [-0.25, -0.2) is 0 Å². The van der Waals surface area contributed by atoms with Crippen molar-refractivity contribution in [1.82, 2.24) is 10.6 Å². The Morgan fingerprint density at radius 2 is 1.81 bits per heavy atom. The second-order valence-corrected chi connectivity index (χ2v) is 5.74. The molecule has 0 bridgehead atoms. The van der Waals surface area contributed by atoms with Gasteiger partial charge >= 0.3 is 0 Å². The molecule has 2 amide bonds. The summed E-state index contributed by atoms with van der Waals surface area (Å²) >= 11 is 1.62. The fourth-order valence-corrected chi connectivity index (χ4v) is 2.70. The van der Waals surface area contributed by atoms with Crippen molar-refractivity contribution in [3.8, 4) is 0 Å². The molecule has 0 saturated heterocycles. The van der Waals surface area contributed by atoms with E-state index in [2.05, 4.69) is 10.6 Å². The number of rotatable bonds is 6. The van der Waals surface area contributed by atoms with Gasteiger partial charge in [0, 0.05) is 4.88 Å². The molecule has 0 saturated carbocycles. The smallest absolute Gasteiger partial charge is 0.239 e. The molecule has 1 aromatic heterocycles. The van der Waals surface area contributed by atoms with Gasteiger partial charge in [-0.05, 0) is 29.5 Å². The van der Waals surface area contributed by atoms with E-state index in [1.54, 1.807) is 11.3 Å². The van der Waals surface area contributed by atoms with E-state index in [1.807, 2.05) is 48.7 Å². The second kappa shape index (κ2) is 7.59. The minimum Gasteiger partial charge on any atom is -0.350 e. The van der Waals surface area contributed by atoms with Crippen molar-refractivity contribution in [2.24, 2.45) is 0 Å². The zero-order valence-corrected chi connectivity index (χ0v) is 12.7. The van der Waals surface area contributed by atoms with Gasteiger partial charge in [-0.2, -0.15) is 0 Å². The van der Waals surface area contributed by atoms with Crippen molar-refractivity contribution in [1.29, 1.82) is 0 Å². The predicted octanol–water partition coefficient (Wildman–Crippen LogP) is 2.03. The van der Waals surface area contributed by atoms with E-state index >= 15 is 0 Å². The summed E-state index contributed by atoms with van der Waals surface area (Å²) in [6.07, 6.45) is 0.290. The Hall–Kier alpha value is -2.14. The lowest BCUT2D eigenvalue weighted by Crippen LogP contribution is -2.37. The lowest BCUT2D eigenvalue weighted by atomic mass is 10.1. The zero-order chi connectivity index (χ0) is 15.1. The average Bonchev–Trinajstić information content (AvgIpc) is 2.89. The van der Waals surface area contributed by atoms with Crippen molar-refractivity contribution in [2.75, 3.05) is 6.54 Å². The van der Waals surface area contributed by atoms with Gasteiger partial charge in [0.2, 0.25) is 11.8 Å².